The molecule has 5 atom stereocenters. The van der Waals surface area contributed by atoms with Gasteiger partial charge in [0.15, 0.2) is 5.72 Å². The number of fused-ring (bicyclic) bond motifs is 11. The van der Waals surface area contributed by atoms with Gasteiger partial charge in [0.1, 0.15) is 30.7 Å². The molecule has 0 saturated carbocycles. The van der Waals surface area contributed by atoms with Crippen LogP contribution in [0.1, 0.15) is 75.5 Å². The summed E-state index contributed by atoms with van der Waals surface area (Å²) >= 11 is 0. The Bertz CT molecular complexity index is 3140. The molecule has 0 aliphatic carbocycles. The first-order chi connectivity index (χ1) is 34.3. The van der Waals surface area contributed by atoms with Gasteiger partial charge in [-0.3, -0.25) is 39.0 Å². The summed E-state index contributed by atoms with van der Waals surface area (Å²) in [6, 6.07) is 19.2. The molecule has 71 heavy (non-hydrogen) atoms. The summed E-state index contributed by atoms with van der Waals surface area (Å²) in [6.45, 7) is 6.58. The number of benzene rings is 4. The van der Waals surface area contributed by atoms with Gasteiger partial charge in [-0.05, 0) is 56.2 Å². The second-order valence-electron chi connectivity index (χ2n) is 18.3. The molecule has 2 aromatic heterocycles. The number of ether oxygens (including phenoxy) is 7. The van der Waals surface area contributed by atoms with E-state index >= 15 is 0 Å². The number of aryl methyl sites for hydroxylation is 1. The van der Waals surface area contributed by atoms with Crippen molar-refractivity contribution in [2.45, 2.75) is 69.7 Å². The fourth-order valence-corrected chi connectivity index (χ4v) is 11.2. The van der Waals surface area contributed by atoms with Crippen molar-refractivity contribution in [2.24, 2.45) is 5.73 Å². The first kappa shape index (κ1) is 47.9. The van der Waals surface area contributed by atoms with Gasteiger partial charge in [-0.15, -0.1) is 0 Å². The minimum atomic E-state index is -1.08. The number of methoxy groups -OCH3 is 1. The maximum absolute atomic E-state index is 14.0. The monoisotopic (exact) mass is 972 g/mol. The Kier molecular flexibility index (Phi) is 13.1. The maximum Gasteiger partial charge on any atom is 0.262 e. The third-order valence-corrected chi connectivity index (χ3v) is 14.3. The third kappa shape index (κ3) is 8.19. The molecule has 3 N–H and O–H groups in total. The number of para-hydroxylation sites is 2. The summed E-state index contributed by atoms with van der Waals surface area (Å²) in [7, 11) is 3.47. The van der Waals surface area contributed by atoms with Crippen molar-refractivity contribution in [1.29, 1.82) is 0 Å². The molecule has 6 heterocycles. The topological polar surface area (TPSA) is 221 Å². The van der Waals surface area contributed by atoms with Gasteiger partial charge in [-0.2, -0.15) is 0 Å². The van der Waals surface area contributed by atoms with E-state index in [1.54, 1.807) is 18.1 Å². The molecular weight excluding hydrogens is 917 g/mol. The zero-order valence-electron chi connectivity index (χ0n) is 40.0. The molecule has 0 spiro atoms. The minimum Gasteiger partial charge on any atom is -0.491 e. The van der Waals surface area contributed by atoms with Crippen molar-refractivity contribution in [3.63, 3.8) is 0 Å². The predicted molar refractivity (Wildman–Crippen MR) is 258 cm³/mol. The molecule has 4 aliphatic heterocycles. The van der Waals surface area contributed by atoms with Gasteiger partial charge in [-0.1, -0.05) is 36.4 Å². The number of rotatable bonds is 20. The zero-order valence-corrected chi connectivity index (χ0v) is 40.0. The molecular formula is C52H56N6O13. The Balaban J connectivity index is 0.671. The molecule has 10 rings (SSSR count). The van der Waals surface area contributed by atoms with E-state index in [1.165, 1.54) is 12.1 Å². The predicted octanol–water partition coefficient (Wildman–Crippen LogP) is 4.69. The molecule has 2 saturated heterocycles. The van der Waals surface area contributed by atoms with E-state index in [9.17, 15) is 28.8 Å². The van der Waals surface area contributed by atoms with Gasteiger partial charge in [0.05, 0.1) is 104 Å². The fourth-order valence-electron chi connectivity index (χ4n) is 11.2. The van der Waals surface area contributed by atoms with Gasteiger partial charge in [0, 0.05) is 48.5 Å². The number of carbonyl (C=O) groups excluding carboxylic acids is 6. The quantitative estimate of drug-likeness (QED) is 0.0784. The molecule has 4 aliphatic rings. The van der Waals surface area contributed by atoms with E-state index in [-0.39, 0.29) is 56.1 Å². The van der Waals surface area contributed by atoms with Gasteiger partial charge in [0.2, 0.25) is 23.6 Å². The van der Waals surface area contributed by atoms with E-state index < -0.39 is 59.7 Å². The standard InChI is InChI=1S/C52H56N6O13/c1-29-42-33-10-6-8-12-36(33)58-46(42)45-44(43(29)48(53)61)32-9-5-7-11-35(32)56(45)41-28-38(47(65-4)52(58,2)71-41)55(3)40(60)17-18-66-19-20-67-21-22-68-23-24-69-25-26-70-30-13-14-31-34(27-30)51(64)57(50(31)63)37-15-16-39(59)54-49(37)62/h5-14,27,37-38,41,47H,15-26,28H2,1-4H3,(H2,53,61)(H,54,59,62)/t37?,38?,41-,47-,52+/m1/s1. The summed E-state index contributed by atoms with van der Waals surface area (Å²) in [5.74, 6) is -2.51. The first-order valence-corrected chi connectivity index (χ1v) is 23.9. The number of hydrogen-bond acceptors (Lipinski definition) is 13. The summed E-state index contributed by atoms with van der Waals surface area (Å²) in [5, 5.41) is 5.77. The molecule has 2 bridgehead atoms. The molecule has 372 valence electrons. The number of imide groups is 2. The maximum atomic E-state index is 14.0. The molecule has 4 aromatic carbocycles. The highest BCUT2D eigenvalue weighted by molar-refractivity contribution is 6.30. The van der Waals surface area contributed by atoms with Crippen LogP contribution >= 0.6 is 0 Å². The Labute approximate surface area is 407 Å². The number of nitrogens with zero attached hydrogens (tertiary/aromatic N) is 4. The molecule has 19 nitrogen and oxygen atoms in total. The third-order valence-electron chi connectivity index (χ3n) is 14.3. The van der Waals surface area contributed by atoms with Crippen LogP contribution in [0, 0.1) is 6.92 Å². The summed E-state index contributed by atoms with van der Waals surface area (Å²) in [5.41, 5.74) is 10.3. The first-order valence-electron chi connectivity index (χ1n) is 23.9. The van der Waals surface area contributed by atoms with Gasteiger partial charge in [-0.25, -0.2) is 0 Å². The van der Waals surface area contributed by atoms with Crippen LogP contribution in [0.4, 0.5) is 0 Å². The largest absolute Gasteiger partial charge is 0.491 e. The number of piperidine rings is 1. The van der Waals surface area contributed by atoms with Crippen LogP contribution in [0.3, 0.4) is 0 Å². The molecule has 0 radical (unpaired) electrons. The number of amides is 6. The van der Waals surface area contributed by atoms with E-state index in [0.29, 0.717) is 57.4 Å². The van der Waals surface area contributed by atoms with Gasteiger partial charge < -0.3 is 52.9 Å². The normalized spacial score (nSPS) is 21.7. The second kappa shape index (κ2) is 19.5. The van der Waals surface area contributed by atoms with Crippen LogP contribution in [0.5, 0.6) is 5.75 Å². The smallest absolute Gasteiger partial charge is 0.262 e. The number of hydrogen-bond donors (Lipinski definition) is 2. The Hall–Kier alpha value is -6.74. The number of nitrogens with two attached hydrogens (primary N) is 1. The van der Waals surface area contributed by atoms with E-state index in [1.807, 2.05) is 57.3 Å². The summed E-state index contributed by atoms with van der Waals surface area (Å²) in [6.07, 6.45) is -0.412. The number of primary amides is 1. The van der Waals surface area contributed by atoms with Crippen molar-refractivity contribution in [1.82, 2.24) is 24.3 Å². The second-order valence-corrected chi connectivity index (χ2v) is 18.3. The van der Waals surface area contributed by atoms with E-state index in [4.69, 9.17) is 38.9 Å². The lowest BCUT2D eigenvalue weighted by molar-refractivity contribution is -0.266. The Morgan fingerprint density at radius 2 is 1.42 bits per heavy atom. The molecule has 2 unspecified atom stereocenters. The van der Waals surface area contributed by atoms with E-state index in [0.717, 1.165) is 54.1 Å². The summed E-state index contributed by atoms with van der Waals surface area (Å²) in [4.78, 5) is 79.9. The van der Waals surface area contributed by atoms with Crippen molar-refractivity contribution in [2.75, 3.05) is 73.6 Å². The number of aromatic nitrogens is 2. The van der Waals surface area contributed by atoms with Crippen LogP contribution in [-0.2, 0) is 48.5 Å². The van der Waals surface area contributed by atoms with Crippen molar-refractivity contribution in [3.05, 3.63) is 89.0 Å². The van der Waals surface area contributed by atoms with Crippen LogP contribution in [0.15, 0.2) is 66.7 Å². The molecule has 19 heteroatoms. The number of nitrogens with one attached hydrogen (secondary N) is 1. The fraction of sp³-hybridized carbons (Fsp3) is 0.423. The highest BCUT2D eigenvalue weighted by Gasteiger charge is 2.55. The van der Waals surface area contributed by atoms with E-state index in [2.05, 4.69) is 26.6 Å². The average Bonchev–Trinajstić information content (AvgIpc) is 3.95. The van der Waals surface area contributed by atoms with Gasteiger partial charge >= 0.3 is 0 Å². The Morgan fingerprint density at radius 3 is 2.08 bits per heavy atom. The van der Waals surface area contributed by atoms with Crippen LogP contribution in [0.2, 0.25) is 0 Å². The average molecular weight is 973 g/mol. The van der Waals surface area contributed by atoms with Crippen LogP contribution in [-0.4, -0.2) is 146 Å². The highest BCUT2D eigenvalue weighted by Crippen LogP contribution is 2.53. The lowest BCUT2D eigenvalue weighted by atomic mass is 9.91. The van der Waals surface area contributed by atoms with Crippen LogP contribution in [0.25, 0.3) is 43.6 Å². The SMILES string of the molecule is CO[C@@H]1C(N(C)C(=O)CCOCCOCCOCCOCCOc2ccc3c(c2)C(=O)N(C2CCC(=O)NC2=O)C3=O)C[C@H]2O[C@]1(C)n1c3ccccc3c3c(C)c(C(N)=O)c4c5ccccc5n2c4c31. The number of carbonyl (C=O) groups is 6. The van der Waals surface area contributed by atoms with Crippen molar-refractivity contribution in [3.8, 4) is 5.75 Å². The van der Waals surface area contributed by atoms with Crippen molar-refractivity contribution >= 4 is 79.1 Å². The van der Waals surface area contributed by atoms with Gasteiger partial charge in [0.25, 0.3) is 11.8 Å². The van der Waals surface area contributed by atoms with Crippen molar-refractivity contribution < 1.29 is 61.9 Å². The highest BCUT2D eigenvalue weighted by atomic mass is 16.6. The minimum absolute atomic E-state index is 0.0457. The zero-order chi connectivity index (χ0) is 49.7. The molecule has 6 aromatic rings. The Morgan fingerprint density at radius 1 is 0.803 bits per heavy atom. The lowest BCUT2D eigenvalue weighted by Crippen LogP contribution is -2.61. The molecule has 6 amide bonds. The lowest BCUT2D eigenvalue weighted by Gasteiger charge is -2.50. The summed E-state index contributed by atoms with van der Waals surface area (Å²) < 4.78 is 46.4. The number of likely N-dealkylation sites (N-methyl/N-ethyl adjacent to an activating group) is 1. The molecule has 2 fully saturated rings. The van der Waals surface area contributed by atoms with Crippen LogP contribution < -0.4 is 15.8 Å².